The van der Waals surface area contributed by atoms with Gasteiger partial charge in [0.1, 0.15) is 0 Å². The van der Waals surface area contributed by atoms with Crippen molar-refractivity contribution in [1.82, 2.24) is 10.2 Å². The van der Waals surface area contributed by atoms with Crippen LogP contribution >= 0.6 is 0 Å². The SMILES string of the molecule is CN1CC(C2CCC(C3NCCc4cc5c(cc43)OCO5)O2)c2cc3c(cc2C1C1CCCO1)OCO3. The first-order chi connectivity index (χ1) is 18.2. The second-order valence-electron chi connectivity index (χ2n) is 11.3. The van der Waals surface area contributed by atoms with Gasteiger partial charge in [-0.05, 0) is 92.2 Å². The van der Waals surface area contributed by atoms with Crippen LogP contribution in [0.25, 0.3) is 0 Å². The lowest BCUT2D eigenvalue weighted by atomic mass is 9.79. The van der Waals surface area contributed by atoms with Crippen LogP contribution in [0.15, 0.2) is 24.3 Å². The van der Waals surface area contributed by atoms with Crippen molar-refractivity contribution in [2.75, 3.05) is 40.3 Å². The molecule has 6 aliphatic rings. The van der Waals surface area contributed by atoms with Crippen molar-refractivity contribution in [2.45, 2.75) is 68.4 Å². The van der Waals surface area contributed by atoms with Crippen LogP contribution in [0, 0.1) is 0 Å². The van der Waals surface area contributed by atoms with Crippen molar-refractivity contribution in [3.8, 4) is 23.0 Å². The van der Waals surface area contributed by atoms with E-state index in [1.54, 1.807) is 0 Å². The Labute approximate surface area is 217 Å². The highest BCUT2D eigenvalue weighted by Gasteiger charge is 2.45. The van der Waals surface area contributed by atoms with E-state index >= 15 is 0 Å². The van der Waals surface area contributed by atoms with E-state index < -0.39 is 0 Å². The third-order valence-corrected chi connectivity index (χ3v) is 9.21. The largest absolute Gasteiger partial charge is 0.454 e. The summed E-state index contributed by atoms with van der Waals surface area (Å²) in [4.78, 5) is 2.48. The first-order valence-corrected chi connectivity index (χ1v) is 13.8. The zero-order chi connectivity index (χ0) is 24.5. The summed E-state index contributed by atoms with van der Waals surface area (Å²) < 4.78 is 36.1. The molecule has 2 aromatic rings. The molecule has 0 spiro atoms. The Balaban J connectivity index is 1.10. The average Bonchev–Trinajstić information content (AvgIpc) is 3.72. The molecule has 0 radical (unpaired) electrons. The minimum Gasteiger partial charge on any atom is -0.454 e. The van der Waals surface area contributed by atoms with Gasteiger partial charge in [-0.15, -0.1) is 0 Å². The summed E-state index contributed by atoms with van der Waals surface area (Å²) in [6.07, 6.45) is 5.80. The molecule has 8 heteroatoms. The van der Waals surface area contributed by atoms with E-state index in [-0.39, 0.29) is 43.1 Å². The third-order valence-electron chi connectivity index (χ3n) is 9.21. The van der Waals surface area contributed by atoms with E-state index in [0.29, 0.717) is 6.79 Å². The molecule has 2 saturated heterocycles. The summed E-state index contributed by atoms with van der Waals surface area (Å²) in [5.74, 6) is 3.69. The summed E-state index contributed by atoms with van der Waals surface area (Å²) in [5, 5.41) is 3.75. The smallest absolute Gasteiger partial charge is 0.231 e. The Morgan fingerprint density at radius 1 is 0.784 bits per heavy atom. The van der Waals surface area contributed by atoms with Crippen molar-refractivity contribution >= 4 is 0 Å². The molecule has 6 aliphatic heterocycles. The number of benzene rings is 2. The van der Waals surface area contributed by atoms with Crippen LogP contribution in [-0.4, -0.2) is 63.5 Å². The van der Waals surface area contributed by atoms with Crippen LogP contribution in [0.1, 0.15) is 65.9 Å². The Morgan fingerprint density at radius 3 is 2.24 bits per heavy atom. The molecule has 8 rings (SSSR count). The molecule has 0 aromatic heterocycles. The molecular formula is C29H34N2O6. The maximum Gasteiger partial charge on any atom is 0.231 e. The van der Waals surface area contributed by atoms with Crippen LogP contribution in [0.3, 0.4) is 0 Å². The van der Waals surface area contributed by atoms with E-state index in [0.717, 1.165) is 74.8 Å². The molecule has 37 heavy (non-hydrogen) atoms. The van der Waals surface area contributed by atoms with Gasteiger partial charge in [0.05, 0.1) is 30.4 Å². The molecule has 6 unspecified atom stereocenters. The lowest BCUT2D eigenvalue weighted by molar-refractivity contribution is -0.0175. The fourth-order valence-electron chi connectivity index (χ4n) is 7.50. The molecule has 0 aliphatic carbocycles. The highest BCUT2D eigenvalue weighted by Crippen LogP contribution is 2.50. The zero-order valence-electron chi connectivity index (χ0n) is 21.2. The topological polar surface area (TPSA) is 70.7 Å². The lowest BCUT2D eigenvalue weighted by Crippen LogP contribution is -2.44. The minimum atomic E-state index is 0.128. The number of likely N-dealkylation sites (N-methyl/N-ethyl adjacent to an activating group) is 1. The summed E-state index contributed by atoms with van der Waals surface area (Å²) >= 11 is 0. The monoisotopic (exact) mass is 506 g/mol. The molecule has 6 heterocycles. The number of hydrogen-bond acceptors (Lipinski definition) is 8. The van der Waals surface area contributed by atoms with Gasteiger partial charge in [0, 0.05) is 19.1 Å². The van der Waals surface area contributed by atoms with Crippen molar-refractivity contribution in [3.63, 3.8) is 0 Å². The second-order valence-corrected chi connectivity index (χ2v) is 11.3. The van der Waals surface area contributed by atoms with Gasteiger partial charge in [-0.2, -0.15) is 0 Å². The molecule has 6 atom stereocenters. The first kappa shape index (κ1) is 22.5. The van der Waals surface area contributed by atoms with Gasteiger partial charge >= 0.3 is 0 Å². The molecule has 2 aromatic carbocycles. The molecule has 2 fully saturated rings. The molecule has 0 bridgehead atoms. The summed E-state index contributed by atoms with van der Waals surface area (Å²) in [5.41, 5.74) is 5.30. The third kappa shape index (κ3) is 3.64. The minimum absolute atomic E-state index is 0.128. The zero-order valence-corrected chi connectivity index (χ0v) is 21.2. The van der Waals surface area contributed by atoms with Crippen LogP contribution < -0.4 is 24.3 Å². The number of ether oxygens (including phenoxy) is 6. The van der Waals surface area contributed by atoms with Crippen molar-refractivity contribution < 1.29 is 28.4 Å². The predicted molar refractivity (Wildman–Crippen MR) is 135 cm³/mol. The van der Waals surface area contributed by atoms with Gasteiger partial charge in [0.2, 0.25) is 13.6 Å². The van der Waals surface area contributed by atoms with Gasteiger partial charge in [0.25, 0.3) is 0 Å². The average molecular weight is 507 g/mol. The van der Waals surface area contributed by atoms with Crippen molar-refractivity contribution in [2.24, 2.45) is 0 Å². The number of nitrogens with one attached hydrogen (secondary N) is 1. The Hall–Kier alpha value is -2.52. The van der Waals surface area contributed by atoms with Gasteiger partial charge in [-0.1, -0.05) is 0 Å². The fraction of sp³-hybridized carbons (Fsp3) is 0.586. The van der Waals surface area contributed by atoms with Crippen LogP contribution in [0.5, 0.6) is 23.0 Å². The number of hydrogen-bond donors (Lipinski definition) is 1. The molecule has 8 nitrogen and oxygen atoms in total. The standard InChI is InChI=1S/C29H34N2O6/c1-31-13-20(18-11-26-27(36-15-35-26)12-19(18)29(31)23-3-2-8-32-23)21-4-5-22(37-21)28-17-10-25-24(33-14-34-25)9-16(17)6-7-30-28/h9-12,20-23,28-30H,2-8,13-15H2,1H3. The summed E-state index contributed by atoms with van der Waals surface area (Å²) in [7, 11) is 2.24. The fourth-order valence-corrected chi connectivity index (χ4v) is 7.50. The normalized spacial score (nSPS) is 34.0. The van der Waals surface area contributed by atoms with Crippen molar-refractivity contribution in [1.29, 1.82) is 0 Å². The van der Waals surface area contributed by atoms with Crippen molar-refractivity contribution in [3.05, 3.63) is 46.5 Å². The van der Waals surface area contributed by atoms with Crippen LogP contribution in [0.4, 0.5) is 0 Å². The molecule has 0 saturated carbocycles. The van der Waals surface area contributed by atoms with Gasteiger partial charge in [-0.25, -0.2) is 0 Å². The van der Waals surface area contributed by atoms with E-state index in [1.807, 2.05) is 0 Å². The second kappa shape index (κ2) is 8.76. The summed E-state index contributed by atoms with van der Waals surface area (Å²) in [6.45, 7) is 3.34. The van der Waals surface area contributed by atoms with Gasteiger partial charge in [-0.3, -0.25) is 4.90 Å². The van der Waals surface area contributed by atoms with Crippen LogP contribution in [0.2, 0.25) is 0 Å². The number of fused-ring (bicyclic) bond motifs is 4. The summed E-state index contributed by atoms with van der Waals surface area (Å²) in [6, 6.07) is 9.17. The first-order valence-electron chi connectivity index (χ1n) is 13.8. The molecule has 1 N–H and O–H groups in total. The quantitative estimate of drug-likeness (QED) is 0.674. The lowest BCUT2D eigenvalue weighted by Gasteiger charge is -2.43. The van der Waals surface area contributed by atoms with Crippen LogP contribution in [-0.2, 0) is 15.9 Å². The van der Waals surface area contributed by atoms with E-state index in [9.17, 15) is 0 Å². The maximum atomic E-state index is 6.94. The Kier molecular flexibility index (Phi) is 5.32. The van der Waals surface area contributed by atoms with E-state index in [4.69, 9.17) is 28.4 Å². The van der Waals surface area contributed by atoms with Gasteiger partial charge < -0.3 is 33.7 Å². The highest BCUT2D eigenvalue weighted by atomic mass is 16.7. The maximum absolute atomic E-state index is 6.94. The van der Waals surface area contributed by atoms with Gasteiger partial charge in [0.15, 0.2) is 23.0 Å². The Morgan fingerprint density at radius 2 is 1.49 bits per heavy atom. The molecule has 0 amide bonds. The van der Waals surface area contributed by atoms with E-state index in [2.05, 4.69) is 41.5 Å². The van der Waals surface area contributed by atoms with E-state index in [1.165, 1.54) is 22.3 Å². The number of nitrogens with zero attached hydrogens (tertiary/aromatic N) is 1. The predicted octanol–water partition coefficient (Wildman–Crippen LogP) is 3.83. The Bertz CT molecular complexity index is 1210. The highest BCUT2D eigenvalue weighted by molar-refractivity contribution is 5.53. The molecule has 196 valence electrons. The number of rotatable bonds is 3. The molecular weight excluding hydrogens is 472 g/mol.